The molecule has 1 N–H and O–H groups in total. The SMILES string of the molecule is COc1ccc(-c2cc(C)c([N+](=O)[O-])cc2-c2nn[nH]n2)cc1OC. The third kappa shape index (κ3) is 2.99. The van der Waals surface area contributed by atoms with Crippen LogP contribution in [0, 0.1) is 17.0 Å². The number of aromatic amines is 1. The van der Waals surface area contributed by atoms with Gasteiger partial charge in [-0.25, -0.2) is 0 Å². The number of aryl methyl sites for hydroxylation is 1. The smallest absolute Gasteiger partial charge is 0.273 e. The van der Waals surface area contributed by atoms with Crippen molar-refractivity contribution in [3.63, 3.8) is 0 Å². The van der Waals surface area contributed by atoms with Crippen LogP contribution in [0.4, 0.5) is 5.69 Å². The van der Waals surface area contributed by atoms with Crippen LogP contribution in [-0.4, -0.2) is 39.8 Å². The molecule has 0 saturated carbocycles. The van der Waals surface area contributed by atoms with E-state index in [2.05, 4.69) is 20.6 Å². The molecule has 0 aliphatic carbocycles. The Labute approximate surface area is 142 Å². The van der Waals surface area contributed by atoms with Gasteiger partial charge in [-0.3, -0.25) is 10.1 Å². The first-order chi connectivity index (χ1) is 12.0. The summed E-state index contributed by atoms with van der Waals surface area (Å²) in [6.45, 7) is 1.68. The van der Waals surface area contributed by atoms with Gasteiger partial charge >= 0.3 is 0 Å². The van der Waals surface area contributed by atoms with E-state index in [0.29, 0.717) is 22.6 Å². The second-order valence-electron chi connectivity index (χ2n) is 5.25. The number of aromatic nitrogens is 4. The summed E-state index contributed by atoms with van der Waals surface area (Å²) >= 11 is 0. The number of nitro benzene ring substituents is 1. The molecule has 0 atom stereocenters. The molecule has 3 aromatic rings. The Morgan fingerprint density at radius 2 is 1.84 bits per heavy atom. The zero-order valence-corrected chi connectivity index (χ0v) is 13.8. The van der Waals surface area contributed by atoms with Gasteiger partial charge in [-0.05, 0) is 41.5 Å². The maximum absolute atomic E-state index is 11.3. The Morgan fingerprint density at radius 1 is 1.08 bits per heavy atom. The summed E-state index contributed by atoms with van der Waals surface area (Å²) in [5, 5.41) is 25.1. The molecule has 0 fully saturated rings. The minimum atomic E-state index is -0.433. The Kier molecular flexibility index (Phi) is 4.29. The van der Waals surface area contributed by atoms with Crippen molar-refractivity contribution in [2.45, 2.75) is 6.92 Å². The second-order valence-corrected chi connectivity index (χ2v) is 5.25. The van der Waals surface area contributed by atoms with Crippen molar-refractivity contribution < 1.29 is 14.4 Å². The van der Waals surface area contributed by atoms with Crippen molar-refractivity contribution in [3.8, 4) is 34.0 Å². The zero-order valence-electron chi connectivity index (χ0n) is 13.8. The molecule has 1 heterocycles. The van der Waals surface area contributed by atoms with E-state index in [1.165, 1.54) is 6.07 Å². The van der Waals surface area contributed by atoms with E-state index in [1.54, 1.807) is 39.3 Å². The fraction of sp³-hybridized carbons (Fsp3) is 0.188. The fourth-order valence-electron chi connectivity index (χ4n) is 2.60. The number of tetrazole rings is 1. The highest BCUT2D eigenvalue weighted by molar-refractivity contribution is 5.84. The lowest BCUT2D eigenvalue weighted by Crippen LogP contribution is -1.97. The van der Waals surface area contributed by atoms with Crippen molar-refractivity contribution in [2.24, 2.45) is 0 Å². The van der Waals surface area contributed by atoms with Crippen LogP contribution in [-0.2, 0) is 0 Å². The van der Waals surface area contributed by atoms with Gasteiger partial charge in [0.2, 0.25) is 5.82 Å². The molecule has 1 aromatic heterocycles. The highest BCUT2D eigenvalue weighted by Gasteiger charge is 2.20. The van der Waals surface area contributed by atoms with Gasteiger partial charge in [0.25, 0.3) is 5.69 Å². The molecule has 0 aliphatic heterocycles. The maximum atomic E-state index is 11.3. The number of rotatable bonds is 5. The van der Waals surface area contributed by atoms with E-state index in [4.69, 9.17) is 9.47 Å². The Hall–Kier alpha value is -3.49. The average molecular weight is 341 g/mol. The highest BCUT2D eigenvalue weighted by Crippen LogP contribution is 2.38. The molecule has 0 radical (unpaired) electrons. The summed E-state index contributed by atoms with van der Waals surface area (Å²) in [5.74, 6) is 1.41. The molecule has 0 spiro atoms. The quantitative estimate of drug-likeness (QED) is 0.560. The third-order valence-corrected chi connectivity index (χ3v) is 3.81. The predicted octanol–water partition coefficient (Wildman–Crippen LogP) is 2.77. The Bertz CT molecular complexity index is 925. The lowest BCUT2D eigenvalue weighted by molar-refractivity contribution is -0.385. The number of H-pyrrole nitrogens is 1. The number of nitro groups is 1. The molecule has 0 aliphatic rings. The van der Waals surface area contributed by atoms with Crippen molar-refractivity contribution in [1.29, 1.82) is 0 Å². The van der Waals surface area contributed by atoms with E-state index >= 15 is 0 Å². The van der Waals surface area contributed by atoms with Crippen molar-refractivity contribution in [1.82, 2.24) is 20.6 Å². The predicted molar refractivity (Wildman–Crippen MR) is 89.5 cm³/mol. The topological polar surface area (TPSA) is 116 Å². The number of nitrogens with zero attached hydrogens (tertiary/aromatic N) is 4. The van der Waals surface area contributed by atoms with Crippen LogP contribution in [0.1, 0.15) is 5.56 Å². The maximum Gasteiger partial charge on any atom is 0.273 e. The monoisotopic (exact) mass is 341 g/mol. The molecule has 3 rings (SSSR count). The van der Waals surface area contributed by atoms with Crippen LogP contribution >= 0.6 is 0 Å². The number of hydrogen-bond donors (Lipinski definition) is 1. The molecule has 9 nitrogen and oxygen atoms in total. The molecule has 25 heavy (non-hydrogen) atoms. The van der Waals surface area contributed by atoms with E-state index < -0.39 is 4.92 Å². The van der Waals surface area contributed by atoms with Crippen LogP contribution < -0.4 is 9.47 Å². The first-order valence-corrected chi connectivity index (χ1v) is 7.30. The summed E-state index contributed by atoms with van der Waals surface area (Å²) in [6.07, 6.45) is 0. The molecule has 9 heteroatoms. The zero-order chi connectivity index (χ0) is 18.0. The molecule has 0 unspecified atom stereocenters. The van der Waals surface area contributed by atoms with Crippen LogP contribution in [0.15, 0.2) is 30.3 Å². The van der Waals surface area contributed by atoms with Gasteiger partial charge in [-0.1, -0.05) is 6.07 Å². The minimum absolute atomic E-state index is 0.0102. The summed E-state index contributed by atoms with van der Waals surface area (Å²) in [4.78, 5) is 10.8. The molecule has 0 amide bonds. The van der Waals surface area contributed by atoms with Gasteiger partial charge in [-0.15, -0.1) is 10.2 Å². The van der Waals surface area contributed by atoms with Gasteiger partial charge in [-0.2, -0.15) is 5.21 Å². The average Bonchev–Trinajstić information content (AvgIpc) is 3.15. The molecule has 0 saturated heterocycles. The van der Waals surface area contributed by atoms with Crippen LogP contribution in [0.25, 0.3) is 22.5 Å². The van der Waals surface area contributed by atoms with Crippen LogP contribution in [0.2, 0.25) is 0 Å². The van der Waals surface area contributed by atoms with Gasteiger partial charge in [0.1, 0.15) is 0 Å². The number of ether oxygens (including phenoxy) is 2. The van der Waals surface area contributed by atoms with E-state index in [1.807, 2.05) is 6.07 Å². The van der Waals surface area contributed by atoms with Gasteiger partial charge in [0, 0.05) is 17.2 Å². The van der Waals surface area contributed by atoms with Gasteiger partial charge < -0.3 is 9.47 Å². The number of methoxy groups -OCH3 is 2. The molecular formula is C16H15N5O4. The molecule has 128 valence electrons. The van der Waals surface area contributed by atoms with Crippen LogP contribution in [0.3, 0.4) is 0 Å². The summed E-state index contributed by atoms with van der Waals surface area (Å²) in [5.41, 5.74) is 2.53. The molecule has 2 aromatic carbocycles. The number of nitrogens with one attached hydrogen (secondary N) is 1. The highest BCUT2D eigenvalue weighted by atomic mass is 16.6. The van der Waals surface area contributed by atoms with Crippen molar-refractivity contribution in [2.75, 3.05) is 14.2 Å². The van der Waals surface area contributed by atoms with Crippen molar-refractivity contribution >= 4 is 5.69 Å². The van der Waals surface area contributed by atoms with E-state index in [9.17, 15) is 10.1 Å². The van der Waals surface area contributed by atoms with E-state index in [0.717, 1.165) is 11.1 Å². The minimum Gasteiger partial charge on any atom is -0.493 e. The lowest BCUT2D eigenvalue weighted by Gasteiger charge is -2.12. The molecular weight excluding hydrogens is 326 g/mol. The summed E-state index contributed by atoms with van der Waals surface area (Å²) in [6, 6.07) is 8.58. The standard InChI is InChI=1S/C16H15N5O4/c1-9-6-11(10-4-5-14(24-2)15(7-10)25-3)12(8-13(9)21(22)23)16-17-19-20-18-16/h4-8H,1-3H3,(H,17,18,19,20). The largest absolute Gasteiger partial charge is 0.493 e. The van der Waals surface area contributed by atoms with Gasteiger partial charge in [0.05, 0.1) is 19.1 Å². The first-order valence-electron chi connectivity index (χ1n) is 7.30. The Balaban J connectivity index is 2.25. The normalized spacial score (nSPS) is 10.5. The third-order valence-electron chi connectivity index (χ3n) is 3.81. The lowest BCUT2D eigenvalue weighted by atomic mass is 9.95. The molecule has 0 bridgehead atoms. The fourth-order valence-corrected chi connectivity index (χ4v) is 2.60. The summed E-state index contributed by atoms with van der Waals surface area (Å²) < 4.78 is 10.6. The number of hydrogen-bond acceptors (Lipinski definition) is 7. The first kappa shape index (κ1) is 16.4. The van der Waals surface area contributed by atoms with Crippen molar-refractivity contribution in [3.05, 3.63) is 46.0 Å². The summed E-state index contributed by atoms with van der Waals surface area (Å²) in [7, 11) is 3.10. The van der Waals surface area contributed by atoms with Gasteiger partial charge in [0.15, 0.2) is 11.5 Å². The Morgan fingerprint density at radius 3 is 2.44 bits per heavy atom. The van der Waals surface area contributed by atoms with E-state index in [-0.39, 0.29) is 11.5 Å². The second kappa shape index (κ2) is 6.56. The number of benzene rings is 2. The van der Waals surface area contributed by atoms with Crippen LogP contribution in [0.5, 0.6) is 11.5 Å².